The van der Waals surface area contributed by atoms with Crippen LogP contribution in [-0.4, -0.2) is 9.52 Å². The van der Waals surface area contributed by atoms with Gasteiger partial charge in [-0.05, 0) is 46.9 Å². The third-order valence-corrected chi connectivity index (χ3v) is 11.8. The molecule has 1 aliphatic heterocycles. The summed E-state index contributed by atoms with van der Waals surface area (Å²) < 4.78 is 0. The van der Waals surface area contributed by atoms with E-state index in [0.29, 0.717) is 0 Å². The van der Waals surface area contributed by atoms with Crippen molar-refractivity contribution in [1.29, 1.82) is 0 Å². The van der Waals surface area contributed by atoms with Gasteiger partial charge in [-0.2, -0.15) is 41.6 Å². The van der Waals surface area contributed by atoms with Gasteiger partial charge in [-0.25, -0.2) is 0 Å². The van der Waals surface area contributed by atoms with Crippen LogP contribution in [0, 0.1) is 19.9 Å². The molecule has 0 fully saturated rings. The minimum Gasteiger partial charge on any atom is -0.184 e. The van der Waals surface area contributed by atoms with Crippen molar-refractivity contribution in [2.75, 3.05) is 0 Å². The molecule has 2 heteroatoms. The van der Waals surface area contributed by atoms with Gasteiger partial charge in [0, 0.05) is 25.8 Å². The quantitative estimate of drug-likeness (QED) is 0.120. The van der Waals surface area contributed by atoms with E-state index in [0.717, 1.165) is 9.52 Å². The molecule has 0 bridgehead atoms. The van der Waals surface area contributed by atoms with Crippen LogP contribution in [0.5, 0.6) is 0 Å². The fraction of sp³-hybridized carbons (Fsp3) is 0.192. The maximum absolute atomic E-state index is 3.31. The summed E-state index contributed by atoms with van der Waals surface area (Å²) in [5.74, 6) is 0. The van der Waals surface area contributed by atoms with Crippen molar-refractivity contribution in [2.45, 2.75) is 66.2 Å². The number of hydrogen-bond donors (Lipinski definition) is 0. The number of fused-ring (bicyclic) bond motifs is 5. The third-order valence-electron chi connectivity index (χ3n) is 10.4. The third kappa shape index (κ3) is 8.31. The summed E-state index contributed by atoms with van der Waals surface area (Å²) in [7, 11) is 0.795. The molecule has 0 amide bonds. The average Bonchev–Trinajstić information content (AvgIpc) is 3.88. The van der Waals surface area contributed by atoms with Gasteiger partial charge in [0.2, 0.25) is 0 Å². The summed E-state index contributed by atoms with van der Waals surface area (Å²) in [6.45, 7) is 18.0. The van der Waals surface area contributed by atoms with Gasteiger partial charge in [0.25, 0.3) is 0 Å². The molecule has 9 rings (SSSR count). The first kappa shape index (κ1) is 39.3. The molecular weight excluding hydrogens is 831 g/mol. The van der Waals surface area contributed by atoms with Crippen molar-refractivity contribution in [2.24, 2.45) is 0 Å². The van der Waals surface area contributed by atoms with Gasteiger partial charge in [-0.15, -0.1) is 74.6 Å². The Labute approximate surface area is 344 Å². The van der Waals surface area contributed by atoms with Crippen LogP contribution in [0.1, 0.15) is 63.8 Å². The molecule has 1 heterocycles. The molecule has 0 aliphatic carbocycles. The van der Waals surface area contributed by atoms with Crippen LogP contribution in [-0.2, 0) is 36.7 Å². The largest absolute Gasteiger partial charge is 0.184 e. The van der Waals surface area contributed by atoms with Crippen LogP contribution in [0.15, 0.2) is 152 Å². The van der Waals surface area contributed by atoms with Gasteiger partial charge in [0.05, 0.1) is 9.52 Å². The number of aryl methyl sites for hydroxylation is 2. The molecule has 0 N–H and O–H groups in total. The van der Waals surface area contributed by atoms with E-state index in [1.807, 2.05) is 6.07 Å². The first-order valence-electron chi connectivity index (χ1n) is 18.8. The zero-order valence-corrected chi connectivity index (χ0v) is 37.5. The predicted octanol–water partition coefficient (Wildman–Crippen LogP) is 12.8. The molecule has 0 unspecified atom stereocenters. The Balaban J connectivity index is 0.000000140. The molecule has 0 saturated heterocycles. The Hall–Kier alpha value is -4.37. The van der Waals surface area contributed by atoms with Gasteiger partial charge < -0.3 is 0 Å². The van der Waals surface area contributed by atoms with E-state index < -0.39 is 0 Å². The van der Waals surface area contributed by atoms with Crippen LogP contribution in [0.4, 0.5) is 0 Å². The second-order valence-corrected chi connectivity index (χ2v) is 17.7. The van der Waals surface area contributed by atoms with E-state index in [2.05, 4.69) is 207 Å². The first-order valence-corrected chi connectivity index (χ1v) is 19.8. The maximum Gasteiger partial charge on any atom is 0.0920 e. The second kappa shape index (κ2) is 16.2. The van der Waals surface area contributed by atoms with E-state index in [4.69, 9.17) is 0 Å². The molecule has 0 atom stereocenters. The molecular formula is C52H49HfSi-3. The molecule has 0 spiro atoms. The van der Waals surface area contributed by atoms with Gasteiger partial charge in [0.15, 0.2) is 0 Å². The van der Waals surface area contributed by atoms with Gasteiger partial charge in [-0.1, -0.05) is 148 Å². The van der Waals surface area contributed by atoms with Crippen molar-refractivity contribution in [1.82, 2.24) is 0 Å². The monoisotopic (exact) mass is 881 g/mol. The number of hydrogen-bond acceptors (Lipinski definition) is 0. The molecule has 268 valence electrons. The van der Waals surface area contributed by atoms with E-state index >= 15 is 0 Å². The fourth-order valence-electron chi connectivity index (χ4n) is 7.28. The van der Waals surface area contributed by atoms with Crippen molar-refractivity contribution in [3.05, 3.63) is 180 Å². The summed E-state index contributed by atoms with van der Waals surface area (Å²) >= 11 is 0. The van der Waals surface area contributed by atoms with Crippen LogP contribution in [0.3, 0.4) is 0 Å². The molecule has 8 aromatic rings. The van der Waals surface area contributed by atoms with Gasteiger partial charge >= 0.3 is 0 Å². The normalized spacial score (nSPS) is 11.9. The minimum absolute atomic E-state index is 0. The number of rotatable bonds is 2. The van der Waals surface area contributed by atoms with E-state index in [1.54, 1.807) is 0 Å². The smallest absolute Gasteiger partial charge is 0.0920 e. The van der Waals surface area contributed by atoms with Crippen molar-refractivity contribution in [3.63, 3.8) is 0 Å². The Kier molecular flexibility index (Phi) is 11.8. The van der Waals surface area contributed by atoms with E-state index in [-0.39, 0.29) is 36.7 Å². The second-order valence-electron chi connectivity index (χ2n) is 16.4. The Morgan fingerprint density at radius 1 is 0.463 bits per heavy atom. The van der Waals surface area contributed by atoms with Gasteiger partial charge in [0.1, 0.15) is 0 Å². The molecule has 0 saturated carbocycles. The van der Waals surface area contributed by atoms with Crippen LogP contribution >= 0.6 is 0 Å². The van der Waals surface area contributed by atoms with E-state index in [1.165, 1.54) is 87.6 Å². The van der Waals surface area contributed by atoms with Crippen molar-refractivity contribution >= 4 is 41.4 Å². The number of benzene rings is 6. The van der Waals surface area contributed by atoms with Gasteiger partial charge in [-0.3, -0.25) is 0 Å². The Bertz CT molecular complexity index is 2350. The molecule has 54 heavy (non-hydrogen) atoms. The predicted molar refractivity (Wildman–Crippen MR) is 233 cm³/mol. The topological polar surface area (TPSA) is 0 Å². The molecule has 2 radical (unpaired) electrons. The zero-order chi connectivity index (χ0) is 37.3. The maximum atomic E-state index is 3.31. The Morgan fingerprint density at radius 3 is 1.37 bits per heavy atom. The molecule has 8 aromatic carbocycles. The summed E-state index contributed by atoms with van der Waals surface area (Å²) in [6.07, 6.45) is 0. The fourth-order valence-corrected chi connectivity index (χ4v) is 8.59. The average molecular weight is 881 g/mol. The molecule has 0 aromatic heterocycles. The van der Waals surface area contributed by atoms with Crippen LogP contribution < -0.4 is 10.4 Å². The first-order chi connectivity index (χ1) is 25.4. The summed E-state index contributed by atoms with van der Waals surface area (Å²) in [5, 5.41) is 8.24. The Morgan fingerprint density at radius 2 is 0.889 bits per heavy atom. The zero-order valence-electron chi connectivity index (χ0n) is 32.9. The van der Waals surface area contributed by atoms with Crippen molar-refractivity contribution < 1.29 is 25.8 Å². The molecule has 0 nitrogen and oxygen atoms in total. The molecule has 1 aliphatic rings. The SMILES string of the molecule is Cc1ccccc1-c1cccc2[cH-]c(C(C)(C)C)cc12.Cc1ccccc1-c1cccc2[cH-]c(C(C)(C)C)cc12.[Hf].[c-]1cccc2c1[Si]c1ccccc1-2. The van der Waals surface area contributed by atoms with E-state index in [9.17, 15) is 0 Å². The summed E-state index contributed by atoms with van der Waals surface area (Å²) in [4.78, 5) is 0. The van der Waals surface area contributed by atoms with Crippen LogP contribution in [0.25, 0.3) is 54.9 Å². The van der Waals surface area contributed by atoms with Crippen LogP contribution in [0.2, 0.25) is 0 Å². The minimum atomic E-state index is 0. The van der Waals surface area contributed by atoms with Crippen molar-refractivity contribution in [3.8, 4) is 33.4 Å². The summed E-state index contributed by atoms with van der Waals surface area (Å²) in [5.41, 5.74) is 14.0. The summed E-state index contributed by atoms with van der Waals surface area (Å²) in [6, 6.07) is 58.0. The standard InChI is InChI=1S/2C20H21.C12H7Si.Hf/c2*1-14-8-5-6-10-17(14)18-11-7-9-15-12-16(13-19(15)18)20(2,3)4;1-3-7-11-9(5-1)10-6-2-4-8-12(10)13-11;/h2*5-13H,1-4H3;1-7H;/q3*-1;.